The van der Waals surface area contributed by atoms with Crippen molar-refractivity contribution >= 4 is 11.4 Å². The summed E-state index contributed by atoms with van der Waals surface area (Å²) in [4.78, 5) is 16.5. The van der Waals surface area contributed by atoms with Gasteiger partial charge in [0.1, 0.15) is 12.3 Å². The molecule has 3 fully saturated rings. The Morgan fingerprint density at radius 2 is 1.20 bits per heavy atom. The number of morpholine rings is 1. The van der Waals surface area contributed by atoms with Crippen LogP contribution in [-0.4, -0.2) is 96.6 Å². The minimum absolute atomic E-state index is 0.0227. The van der Waals surface area contributed by atoms with Gasteiger partial charge in [0.25, 0.3) is 0 Å². The van der Waals surface area contributed by atoms with Crippen LogP contribution in [0.4, 0.5) is 11.4 Å². The van der Waals surface area contributed by atoms with Gasteiger partial charge in [0.05, 0.1) is 6.54 Å². The second-order valence-electron chi connectivity index (χ2n) is 10.7. The SMILES string of the molecule is NCc1ccccc1N1CCN(C2CN(N3CCN(c4ccccc4CN)CC3)CC(c3ncccn3)O2)CC1. The molecule has 2 aromatic carbocycles. The molecule has 1 aromatic heterocycles. The summed E-state index contributed by atoms with van der Waals surface area (Å²) in [6.45, 7) is 10.3. The first-order valence-corrected chi connectivity index (χ1v) is 14.5. The predicted molar refractivity (Wildman–Crippen MR) is 157 cm³/mol. The van der Waals surface area contributed by atoms with Crippen LogP contribution in [-0.2, 0) is 17.8 Å². The molecule has 2 unspecified atom stereocenters. The van der Waals surface area contributed by atoms with Gasteiger partial charge < -0.3 is 26.0 Å². The molecule has 10 nitrogen and oxygen atoms in total. The van der Waals surface area contributed by atoms with E-state index < -0.39 is 0 Å². The molecule has 4 heterocycles. The summed E-state index contributed by atoms with van der Waals surface area (Å²) in [5, 5.41) is 4.98. The molecule has 2 atom stereocenters. The zero-order valence-corrected chi connectivity index (χ0v) is 23.2. The first-order valence-electron chi connectivity index (χ1n) is 14.5. The Morgan fingerprint density at radius 1 is 0.650 bits per heavy atom. The third-order valence-corrected chi connectivity index (χ3v) is 8.42. The second kappa shape index (κ2) is 12.6. The molecule has 0 saturated carbocycles. The van der Waals surface area contributed by atoms with Crippen molar-refractivity contribution in [3.05, 3.63) is 83.9 Å². The average Bonchev–Trinajstić information content (AvgIpc) is 3.05. The molecule has 4 N–H and O–H groups in total. The van der Waals surface area contributed by atoms with E-state index in [2.05, 4.69) is 83.2 Å². The molecule has 0 aliphatic carbocycles. The summed E-state index contributed by atoms with van der Waals surface area (Å²) in [6.07, 6.45) is 3.42. The number of rotatable bonds is 7. The molecule has 212 valence electrons. The van der Waals surface area contributed by atoms with E-state index in [9.17, 15) is 0 Å². The van der Waals surface area contributed by atoms with Gasteiger partial charge in [-0.25, -0.2) is 20.0 Å². The molecular formula is C30H41N9O. The average molecular weight is 544 g/mol. The van der Waals surface area contributed by atoms with Gasteiger partial charge in [0, 0.05) is 95.8 Å². The number of nitrogens with two attached hydrogens (primary N) is 2. The van der Waals surface area contributed by atoms with Crippen molar-refractivity contribution in [3.8, 4) is 0 Å². The van der Waals surface area contributed by atoms with Gasteiger partial charge in [-0.3, -0.25) is 4.90 Å². The molecule has 3 saturated heterocycles. The van der Waals surface area contributed by atoms with Crippen LogP contribution in [0.3, 0.4) is 0 Å². The maximum absolute atomic E-state index is 6.71. The van der Waals surface area contributed by atoms with Crippen LogP contribution >= 0.6 is 0 Å². The van der Waals surface area contributed by atoms with Crippen molar-refractivity contribution < 1.29 is 4.74 Å². The molecule has 0 bridgehead atoms. The Hall–Kier alpha value is -3.12. The quantitative estimate of drug-likeness (QED) is 0.457. The van der Waals surface area contributed by atoms with Crippen LogP contribution in [0.5, 0.6) is 0 Å². The Kier molecular flexibility index (Phi) is 8.52. The predicted octanol–water partition coefficient (Wildman–Crippen LogP) is 1.65. The second-order valence-corrected chi connectivity index (χ2v) is 10.7. The van der Waals surface area contributed by atoms with E-state index >= 15 is 0 Å². The number of para-hydroxylation sites is 2. The molecule has 0 amide bonds. The van der Waals surface area contributed by atoms with Gasteiger partial charge in [-0.05, 0) is 29.3 Å². The van der Waals surface area contributed by atoms with Crippen LogP contribution in [0.1, 0.15) is 23.1 Å². The van der Waals surface area contributed by atoms with Gasteiger partial charge in [0.15, 0.2) is 5.82 Å². The minimum atomic E-state index is -0.174. The van der Waals surface area contributed by atoms with Gasteiger partial charge in [-0.2, -0.15) is 0 Å². The normalized spacial score (nSPS) is 23.4. The van der Waals surface area contributed by atoms with E-state index in [1.165, 1.54) is 22.5 Å². The Morgan fingerprint density at radius 3 is 1.77 bits per heavy atom. The first kappa shape index (κ1) is 27.1. The van der Waals surface area contributed by atoms with Crippen LogP contribution in [0, 0.1) is 0 Å². The molecule has 3 aromatic rings. The van der Waals surface area contributed by atoms with Crippen LogP contribution in [0.25, 0.3) is 0 Å². The smallest absolute Gasteiger partial charge is 0.158 e. The Labute approximate surface area is 237 Å². The van der Waals surface area contributed by atoms with Crippen molar-refractivity contribution in [2.24, 2.45) is 11.5 Å². The highest BCUT2D eigenvalue weighted by atomic mass is 16.5. The third-order valence-electron chi connectivity index (χ3n) is 8.42. The lowest BCUT2D eigenvalue weighted by Gasteiger charge is -2.49. The monoisotopic (exact) mass is 543 g/mol. The van der Waals surface area contributed by atoms with Crippen LogP contribution in [0.15, 0.2) is 67.0 Å². The maximum atomic E-state index is 6.71. The van der Waals surface area contributed by atoms with Crippen molar-refractivity contribution in [1.82, 2.24) is 24.9 Å². The summed E-state index contributed by atoms with van der Waals surface area (Å²) < 4.78 is 6.71. The Bertz CT molecular complexity index is 1150. The topological polar surface area (TPSA) is 103 Å². The largest absolute Gasteiger partial charge is 0.369 e. The Balaban J connectivity index is 1.14. The lowest BCUT2D eigenvalue weighted by Crippen LogP contribution is -2.62. The van der Waals surface area contributed by atoms with Crippen LogP contribution < -0.4 is 21.3 Å². The molecule has 3 aliphatic rings. The fourth-order valence-electron chi connectivity index (χ4n) is 6.23. The van der Waals surface area contributed by atoms with Crippen LogP contribution in [0.2, 0.25) is 0 Å². The van der Waals surface area contributed by atoms with E-state index in [1.807, 2.05) is 6.07 Å². The summed E-state index contributed by atoms with van der Waals surface area (Å²) in [5.74, 6) is 0.753. The highest BCUT2D eigenvalue weighted by molar-refractivity contribution is 5.54. The molecule has 0 spiro atoms. The van der Waals surface area contributed by atoms with E-state index in [4.69, 9.17) is 16.2 Å². The van der Waals surface area contributed by atoms with Crippen molar-refractivity contribution in [2.45, 2.75) is 25.4 Å². The maximum Gasteiger partial charge on any atom is 0.158 e. The highest BCUT2D eigenvalue weighted by Crippen LogP contribution is 2.29. The number of benzene rings is 2. The number of anilines is 2. The summed E-state index contributed by atoms with van der Waals surface area (Å²) in [5.41, 5.74) is 17.0. The fraction of sp³-hybridized carbons (Fsp3) is 0.467. The summed E-state index contributed by atoms with van der Waals surface area (Å²) in [6, 6.07) is 18.8. The lowest BCUT2D eigenvalue weighted by atomic mass is 10.1. The van der Waals surface area contributed by atoms with Crippen molar-refractivity contribution in [1.29, 1.82) is 0 Å². The van der Waals surface area contributed by atoms with Crippen molar-refractivity contribution in [2.75, 3.05) is 75.2 Å². The van der Waals surface area contributed by atoms with Gasteiger partial charge >= 0.3 is 0 Å². The van der Waals surface area contributed by atoms with E-state index in [0.29, 0.717) is 13.1 Å². The zero-order chi connectivity index (χ0) is 27.3. The summed E-state index contributed by atoms with van der Waals surface area (Å²) in [7, 11) is 0. The van der Waals surface area contributed by atoms with E-state index in [0.717, 1.165) is 71.3 Å². The number of nitrogens with zero attached hydrogens (tertiary/aromatic N) is 7. The molecular weight excluding hydrogens is 502 g/mol. The molecule has 40 heavy (non-hydrogen) atoms. The molecule has 3 aliphatic heterocycles. The lowest BCUT2D eigenvalue weighted by molar-refractivity contribution is -0.205. The van der Waals surface area contributed by atoms with E-state index in [1.54, 1.807) is 12.4 Å². The number of ether oxygens (including phenoxy) is 1. The molecule has 0 radical (unpaired) electrons. The highest BCUT2D eigenvalue weighted by Gasteiger charge is 2.38. The molecule has 6 rings (SSSR count). The van der Waals surface area contributed by atoms with E-state index in [-0.39, 0.29) is 12.3 Å². The fourth-order valence-corrected chi connectivity index (χ4v) is 6.23. The molecule has 10 heteroatoms. The van der Waals surface area contributed by atoms with Gasteiger partial charge in [0.2, 0.25) is 0 Å². The van der Waals surface area contributed by atoms with Crippen molar-refractivity contribution in [3.63, 3.8) is 0 Å². The number of hydrazine groups is 1. The minimum Gasteiger partial charge on any atom is -0.369 e. The zero-order valence-electron chi connectivity index (χ0n) is 23.2. The third kappa shape index (κ3) is 5.83. The number of hydrogen-bond donors (Lipinski definition) is 2. The summed E-state index contributed by atoms with van der Waals surface area (Å²) >= 11 is 0. The number of hydrogen-bond acceptors (Lipinski definition) is 10. The first-order chi connectivity index (χ1) is 19.7. The van der Waals surface area contributed by atoms with Gasteiger partial charge in [-0.15, -0.1) is 0 Å². The standard InChI is InChI=1S/C30H41N9O/c31-20-24-6-1-3-8-26(24)35-12-14-37(15-13-35)29-23-39(22-28(40-29)30-33-10-5-11-34-30)38-18-16-36(17-19-38)27-9-4-2-7-25(27)21-32/h1-11,28-29H,12-23,31-32H2. The van der Waals surface area contributed by atoms with Gasteiger partial charge in [-0.1, -0.05) is 36.4 Å². The number of piperazine rings is 2. The number of aromatic nitrogens is 2.